The second kappa shape index (κ2) is 9.00. The van der Waals surface area contributed by atoms with Crippen molar-refractivity contribution in [2.24, 2.45) is 5.92 Å². The Morgan fingerprint density at radius 1 is 1.03 bits per heavy atom. The molecule has 1 aliphatic rings. The number of aryl methyl sites for hydroxylation is 1. The van der Waals surface area contributed by atoms with Crippen LogP contribution in [0.15, 0.2) is 66.7 Å². The highest BCUT2D eigenvalue weighted by Crippen LogP contribution is 2.32. The number of nitrogens with one attached hydrogen (secondary N) is 1. The van der Waals surface area contributed by atoms with Gasteiger partial charge in [-0.3, -0.25) is 14.4 Å². The van der Waals surface area contributed by atoms with E-state index >= 15 is 0 Å². The zero-order valence-electron chi connectivity index (χ0n) is 17.3. The quantitative estimate of drug-likeness (QED) is 0.618. The Morgan fingerprint density at radius 3 is 2.61 bits per heavy atom. The van der Waals surface area contributed by atoms with E-state index in [1.807, 2.05) is 73.7 Å². The smallest absolute Gasteiger partial charge is 0.311 e. The van der Waals surface area contributed by atoms with Crippen molar-refractivity contribution in [2.75, 3.05) is 23.4 Å². The summed E-state index contributed by atoms with van der Waals surface area (Å²) in [6, 6.07) is 21.1. The normalized spacial score (nSPS) is 15.8. The Hall–Kier alpha value is -3.67. The molecule has 158 valence electrons. The van der Waals surface area contributed by atoms with Crippen molar-refractivity contribution in [3.8, 4) is 0 Å². The number of hydrogen-bond donors (Lipinski definition) is 1. The van der Waals surface area contributed by atoms with Crippen LogP contribution in [0.3, 0.4) is 0 Å². The first-order valence-corrected chi connectivity index (χ1v) is 10.4. The third-order valence-electron chi connectivity index (χ3n) is 5.53. The van der Waals surface area contributed by atoms with Gasteiger partial charge in [-0.2, -0.15) is 0 Å². The summed E-state index contributed by atoms with van der Waals surface area (Å²) in [5, 5.41) is 4.77. The Bertz CT molecular complexity index is 1140. The number of hydrogen-bond acceptors (Lipinski definition) is 4. The monoisotopic (exact) mass is 416 g/mol. The molecule has 31 heavy (non-hydrogen) atoms. The number of carbonyl (C=O) groups is 3. The number of carbonyl (C=O) groups excluding carboxylic acids is 3. The number of benzene rings is 3. The van der Waals surface area contributed by atoms with Gasteiger partial charge in [-0.25, -0.2) is 0 Å². The third kappa shape index (κ3) is 4.43. The molecule has 3 aromatic rings. The minimum atomic E-state index is -0.595. The molecule has 4 rings (SSSR count). The topological polar surface area (TPSA) is 75.7 Å². The van der Waals surface area contributed by atoms with Crippen molar-refractivity contribution < 1.29 is 19.1 Å². The molecule has 1 aliphatic heterocycles. The molecule has 1 heterocycles. The van der Waals surface area contributed by atoms with Gasteiger partial charge in [0, 0.05) is 24.0 Å². The first-order chi connectivity index (χ1) is 15.1. The largest absolute Gasteiger partial charge is 0.455 e. The second-order valence-corrected chi connectivity index (χ2v) is 7.57. The Balaban J connectivity index is 1.38. The van der Waals surface area contributed by atoms with Crippen LogP contribution in [0.5, 0.6) is 0 Å². The van der Waals surface area contributed by atoms with E-state index in [0.717, 1.165) is 28.4 Å². The molecule has 1 saturated heterocycles. The molecule has 6 nitrogen and oxygen atoms in total. The molecule has 0 spiro atoms. The maximum atomic E-state index is 12.6. The lowest BCUT2D eigenvalue weighted by atomic mass is 10.1. The minimum absolute atomic E-state index is 0.0718. The maximum Gasteiger partial charge on any atom is 0.311 e. The van der Waals surface area contributed by atoms with E-state index in [2.05, 4.69) is 5.32 Å². The van der Waals surface area contributed by atoms with Gasteiger partial charge in [0.05, 0.1) is 11.6 Å². The van der Waals surface area contributed by atoms with Crippen LogP contribution in [0, 0.1) is 5.92 Å². The molecule has 0 bridgehead atoms. The number of rotatable bonds is 6. The van der Waals surface area contributed by atoms with Gasteiger partial charge in [-0.05, 0) is 29.5 Å². The molecule has 0 saturated carbocycles. The standard InChI is InChI=1S/C25H24N2O4/c1-2-17-8-4-6-12-21(17)26-23(28)16-31-25(30)19-14-24(29)27(15-19)22-13-7-10-18-9-3-5-11-20(18)22/h3-13,19H,2,14-16H2,1H3,(H,26,28)/t19-/m1/s1. The molecule has 1 N–H and O–H groups in total. The van der Waals surface area contributed by atoms with E-state index in [4.69, 9.17) is 4.74 Å². The molecule has 0 aromatic heterocycles. The molecule has 0 unspecified atom stereocenters. The molecule has 0 aliphatic carbocycles. The number of ether oxygens (including phenoxy) is 1. The van der Waals surface area contributed by atoms with Crippen molar-refractivity contribution in [1.82, 2.24) is 0 Å². The molecule has 2 amide bonds. The summed E-state index contributed by atoms with van der Waals surface area (Å²) in [7, 11) is 0. The van der Waals surface area contributed by atoms with Crippen LogP contribution in [0.2, 0.25) is 0 Å². The fraction of sp³-hybridized carbons (Fsp3) is 0.240. The summed E-state index contributed by atoms with van der Waals surface area (Å²) in [6.07, 6.45) is 0.854. The van der Waals surface area contributed by atoms with Crippen molar-refractivity contribution >= 4 is 39.9 Å². The summed E-state index contributed by atoms with van der Waals surface area (Å²) >= 11 is 0. The van der Waals surface area contributed by atoms with Crippen molar-refractivity contribution in [3.05, 3.63) is 72.3 Å². The van der Waals surface area contributed by atoms with Gasteiger partial charge < -0.3 is 15.0 Å². The number of nitrogens with zero attached hydrogens (tertiary/aromatic N) is 1. The van der Waals surface area contributed by atoms with Crippen molar-refractivity contribution in [2.45, 2.75) is 19.8 Å². The fourth-order valence-corrected chi connectivity index (χ4v) is 3.93. The average molecular weight is 416 g/mol. The van der Waals surface area contributed by atoms with Crippen LogP contribution in [0.1, 0.15) is 18.9 Å². The fourth-order valence-electron chi connectivity index (χ4n) is 3.93. The highest BCUT2D eigenvalue weighted by atomic mass is 16.5. The Labute approximate surface area is 180 Å². The first-order valence-electron chi connectivity index (χ1n) is 10.4. The Kier molecular flexibility index (Phi) is 5.98. The second-order valence-electron chi connectivity index (χ2n) is 7.57. The van der Waals surface area contributed by atoms with Crippen molar-refractivity contribution in [1.29, 1.82) is 0 Å². The Morgan fingerprint density at radius 2 is 1.77 bits per heavy atom. The molecular formula is C25H24N2O4. The van der Waals surface area contributed by atoms with Crippen molar-refractivity contribution in [3.63, 3.8) is 0 Å². The summed E-state index contributed by atoms with van der Waals surface area (Å²) in [6.45, 7) is 1.87. The van der Waals surface area contributed by atoms with Gasteiger partial charge in [0.15, 0.2) is 6.61 Å². The lowest BCUT2D eigenvalue weighted by Gasteiger charge is -2.19. The predicted octanol–water partition coefficient (Wildman–Crippen LogP) is 3.94. The minimum Gasteiger partial charge on any atom is -0.455 e. The molecular weight excluding hydrogens is 392 g/mol. The van der Waals surface area contributed by atoms with Gasteiger partial charge in [0.25, 0.3) is 5.91 Å². The summed E-state index contributed by atoms with van der Waals surface area (Å²) in [5.74, 6) is -1.65. The predicted molar refractivity (Wildman–Crippen MR) is 120 cm³/mol. The third-order valence-corrected chi connectivity index (χ3v) is 5.53. The van der Waals surface area contributed by atoms with Crippen LogP contribution in [-0.4, -0.2) is 30.9 Å². The van der Waals surface area contributed by atoms with Gasteiger partial charge in [0.2, 0.25) is 5.91 Å². The summed E-state index contributed by atoms with van der Waals surface area (Å²) in [5.41, 5.74) is 2.51. The van der Waals surface area contributed by atoms with Crippen LogP contribution in [-0.2, 0) is 25.5 Å². The van der Waals surface area contributed by atoms with Crippen LogP contribution in [0.4, 0.5) is 11.4 Å². The van der Waals surface area contributed by atoms with E-state index < -0.39 is 17.8 Å². The number of para-hydroxylation sites is 1. The van der Waals surface area contributed by atoms with Gasteiger partial charge in [0.1, 0.15) is 0 Å². The van der Waals surface area contributed by atoms with E-state index in [1.54, 1.807) is 4.90 Å². The zero-order chi connectivity index (χ0) is 21.8. The van der Waals surface area contributed by atoms with Crippen LogP contribution < -0.4 is 10.2 Å². The SMILES string of the molecule is CCc1ccccc1NC(=O)COC(=O)[C@@H]1CC(=O)N(c2cccc3ccccc23)C1. The summed E-state index contributed by atoms with van der Waals surface area (Å²) in [4.78, 5) is 39.0. The maximum absolute atomic E-state index is 12.6. The van der Waals surface area contributed by atoms with E-state index in [0.29, 0.717) is 5.69 Å². The molecule has 3 aromatic carbocycles. The van der Waals surface area contributed by atoms with E-state index in [9.17, 15) is 14.4 Å². The van der Waals surface area contributed by atoms with Crippen LogP contribution >= 0.6 is 0 Å². The lowest BCUT2D eigenvalue weighted by Crippen LogP contribution is -2.28. The van der Waals surface area contributed by atoms with Gasteiger partial charge in [-0.15, -0.1) is 0 Å². The number of esters is 1. The highest BCUT2D eigenvalue weighted by molar-refractivity contribution is 6.06. The van der Waals surface area contributed by atoms with Gasteiger partial charge in [-0.1, -0.05) is 61.5 Å². The number of anilines is 2. The zero-order valence-corrected chi connectivity index (χ0v) is 17.3. The molecule has 0 radical (unpaired) electrons. The highest BCUT2D eigenvalue weighted by Gasteiger charge is 2.36. The molecule has 1 atom stereocenters. The number of fused-ring (bicyclic) bond motifs is 1. The molecule has 6 heteroatoms. The van der Waals surface area contributed by atoms with Crippen LogP contribution in [0.25, 0.3) is 10.8 Å². The number of amides is 2. The molecule has 1 fully saturated rings. The van der Waals surface area contributed by atoms with E-state index in [-0.39, 0.29) is 25.5 Å². The average Bonchev–Trinajstić information content (AvgIpc) is 3.19. The summed E-state index contributed by atoms with van der Waals surface area (Å²) < 4.78 is 5.22. The van der Waals surface area contributed by atoms with Gasteiger partial charge >= 0.3 is 5.97 Å². The lowest BCUT2D eigenvalue weighted by molar-refractivity contribution is -0.151. The van der Waals surface area contributed by atoms with E-state index in [1.165, 1.54) is 0 Å². The first kappa shape index (κ1) is 20.6.